The molecule has 3 amide bonds. The Balaban J connectivity index is 1.50. The van der Waals surface area contributed by atoms with E-state index in [0.717, 1.165) is 0 Å². The van der Waals surface area contributed by atoms with Crippen LogP contribution in [-0.4, -0.2) is 29.9 Å². The maximum Gasteiger partial charge on any atom is 0.321 e. The van der Waals surface area contributed by atoms with E-state index in [1.54, 1.807) is 29.2 Å². The van der Waals surface area contributed by atoms with Gasteiger partial charge in [-0.25, -0.2) is 9.18 Å². The fourth-order valence-corrected chi connectivity index (χ4v) is 3.67. The first-order valence-electron chi connectivity index (χ1n) is 9.41. The number of amides is 3. The van der Waals surface area contributed by atoms with Crippen LogP contribution in [0.3, 0.4) is 0 Å². The SMILES string of the molecule is C[C@@H](C(=O)Nc1ccc(Cl)cc1F)C1CCN(C(=O)Nc2ccc(Cl)cc2)CC1. The molecule has 8 heteroatoms. The van der Waals surface area contributed by atoms with Gasteiger partial charge in [-0.05, 0) is 61.2 Å². The molecule has 1 atom stereocenters. The Kier molecular flexibility index (Phi) is 6.98. The van der Waals surface area contributed by atoms with Gasteiger partial charge in [0.05, 0.1) is 5.69 Å². The third kappa shape index (κ3) is 5.61. The first-order chi connectivity index (χ1) is 13.8. The number of hydrogen-bond donors (Lipinski definition) is 2. The molecule has 5 nitrogen and oxygen atoms in total. The monoisotopic (exact) mass is 437 g/mol. The fraction of sp³-hybridized carbons (Fsp3) is 0.333. The number of urea groups is 1. The van der Waals surface area contributed by atoms with Crippen LogP contribution in [-0.2, 0) is 4.79 Å². The van der Waals surface area contributed by atoms with Crippen molar-refractivity contribution in [3.8, 4) is 0 Å². The standard InChI is InChI=1S/C21H22Cl2FN3O2/c1-13(20(28)26-19-7-4-16(23)12-18(19)24)14-8-10-27(11-9-14)21(29)25-17-5-2-15(22)3-6-17/h2-7,12-14H,8-11H2,1H3,(H,25,29)(H,26,28)/t13-/m1/s1. The summed E-state index contributed by atoms with van der Waals surface area (Å²) >= 11 is 11.6. The van der Waals surface area contributed by atoms with Crippen molar-refractivity contribution in [2.75, 3.05) is 23.7 Å². The van der Waals surface area contributed by atoms with Crippen LogP contribution < -0.4 is 10.6 Å². The molecule has 2 aromatic rings. The van der Waals surface area contributed by atoms with E-state index >= 15 is 0 Å². The quantitative estimate of drug-likeness (QED) is 0.648. The average molecular weight is 438 g/mol. The number of carbonyl (C=O) groups excluding carboxylic acids is 2. The number of anilines is 2. The van der Waals surface area contributed by atoms with Gasteiger partial charge in [0, 0.05) is 34.7 Å². The molecular formula is C21H22Cl2FN3O2. The second kappa shape index (κ2) is 9.46. The highest BCUT2D eigenvalue weighted by atomic mass is 35.5. The molecule has 0 unspecified atom stereocenters. The summed E-state index contributed by atoms with van der Waals surface area (Å²) in [7, 11) is 0. The van der Waals surface area contributed by atoms with Crippen LogP contribution in [0.15, 0.2) is 42.5 Å². The summed E-state index contributed by atoms with van der Waals surface area (Å²) in [5.74, 6) is -0.987. The summed E-state index contributed by atoms with van der Waals surface area (Å²) in [6.07, 6.45) is 1.40. The van der Waals surface area contributed by atoms with Crippen molar-refractivity contribution in [2.24, 2.45) is 11.8 Å². The number of likely N-dealkylation sites (tertiary alicyclic amines) is 1. The topological polar surface area (TPSA) is 61.4 Å². The van der Waals surface area contributed by atoms with Gasteiger partial charge in [-0.1, -0.05) is 30.1 Å². The van der Waals surface area contributed by atoms with Crippen molar-refractivity contribution in [3.63, 3.8) is 0 Å². The van der Waals surface area contributed by atoms with E-state index in [-0.39, 0.29) is 34.5 Å². The van der Waals surface area contributed by atoms with E-state index in [2.05, 4.69) is 10.6 Å². The van der Waals surface area contributed by atoms with E-state index in [1.807, 2.05) is 6.92 Å². The minimum atomic E-state index is -0.563. The third-order valence-electron chi connectivity index (χ3n) is 5.23. The first-order valence-corrected chi connectivity index (χ1v) is 10.2. The van der Waals surface area contributed by atoms with Crippen LogP contribution in [0.1, 0.15) is 19.8 Å². The van der Waals surface area contributed by atoms with Gasteiger partial charge in [-0.2, -0.15) is 0 Å². The number of rotatable bonds is 4. The number of carbonyl (C=O) groups is 2. The highest BCUT2D eigenvalue weighted by Crippen LogP contribution is 2.27. The Hall–Kier alpha value is -2.31. The normalized spacial score (nSPS) is 15.7. The lowest BCUT2D eigenvalue weighted by molar-refractivity contribution is -0.121. The van der Waals surface area contributed by atoms with Crippen LogP contribution in [0.5, 0.6) is 0 Å². The van der Waals surface area contributed by atoms with E-state index in [0.29, 0.717) is 36.6 Å². The Labute approximate surface area is 179 Å². The second-order valence-corrected chi connectivity index (χ2v) is 8.04. The number of hydrogen-bond acceptors (Lipinski definition) is 2. The van der Waals surface area contributed by atoms with E-state index in [4.69, 9.17) is 23.2 Å². The van der Waals surface area contributed by atoms with Crippen LogP contribution in [0.25, 0.3) is 0 Å². The number of nitrogens with zero attached hydrogens (tertiary/aromatic N) is 1. The summed E-state index contributed by atoms with van der Waals surface area (Å²) in [4.78, 5) is 26.7. The van der Waals surface area contributed by atoms with Crippen LogP contribution in [0.4, 0.5) is 20.6 Å². The maximum absolute atomic E-state index is 13.9. The van der Waals surface area contributed by atoms with Crippen molar-refractivity contribution in [2.45, 2.75) is 19.8 Å². The zero-order valence-corrected chi connectivity index (χ0v) is 17.4. The van der Waals surface area contributed by atoms with E-state index < -0.39 is 5.82 Å². The van der Waals surface area contributed by atoms with Crippen molar-refractivity contribution in [1.82, 2.24) is 4.90 Å². The van der Waals surface area contributed by atoms with E-state index in [9.17, 15) is 14.0 Å². The van der Waals surface area contributed by atoms with Crippen molar-refractivity contribution in [1.29, 1.82) is 0 Å². The van der Waals surface area contributed by atoms with Gasteiger partial charge in [-0.3, -0.25) is 4.79 Å². The zero-order chi connectivity index (χ0) is 21.0. The van der Waals surface area contributed by atoms with Crippen LogP contribution in [0.2, 0.25) is 10.0 Å². The Morgan fingerprint density at radius 2 is 1.66 bits per heavy atom. The lowest BCUT2D eigenvalue weighted by Gasteiger charge is -2.34. The molecule has 0 saturated carbocycles. The Morgan fingerprint density at radius 1 is 1.03 bits per heavy atom. The molecule has 2 N–H and O–H groups in total. The highest BCUT2D eigenvalue weighted by Gasteiger charge is 2.30. The molecule has 29 heavy (non-hydrogen) atoms. The lowest BCUT2D eigenvalue weighted by Crippen LogP contribution is -2.43. The van der Waals surface area contributed by atoms with Crippen LogP contribution in [0, 0.1) is 17.7 Å². The number of benzene rings is 2. The zero-order valence-electron chi connectivity index (χ0n) is 15.9. The second-order valence-electron chi connectivity index (χ2n) is 7.16. The predicted molar refractivity (Wildman–Crippen MR) is 114 cm³/mol. The largest absolute Gasteiger partial charge is 0.325 e. The summed E-state index contributed by atoms with van der Waals surface area (Å²) in [5, 5.41) is 6.36. The minimum Gasteiger partial charge on any atom is -0.325 e. The Morgan fingerprint density at radius 3 is 2.28 bits per heavy atom. The average Bonchev–Trinajstić information content (AvgIpc) is 2.71. The fourth-order valence-electron chi connectivity index (χ4n) is 3.39. The predicted octanol–water partition coefficient (Wildman–Crippen LogP) is 5.65. The Bertz CT molecular complexity index is 884. The van der Waals surface area contributed by atoms with Crippen molar-refractivity contribution in [3.05, 3.63) is 58.3 Å². The van der Waals surface area contributed by atoms with Crippen LogP contribution >= 0.6 is 23.2 Å². The lowest BCUT2D eigenvalue weighted by atomic mass is 9.85. The molecule has 0 radical (unpaired) electrons. The molecule has 3 rings (SSSR count). The molecular weight excluding hydrogens is 416 g/mol. The molecule has 1 aliphatic rings. The van der Waals surface area contributed by atoms with Gasteiger partial charge < -0.3 is 15.5 Å². The van der Waals surface area contributed by atoms with Gasteiger partial charge in [0.15, 0.2) is 0 Å². The molecule has 1 fully saturated rings. The molecule has 1 heterocycles. The van der Waals surface area contributed by atoms with Crippen molar-refractivity contribution >= 4 is 46.5 Å². The molecule has 0 aromatic heterocycles. The summed E-state index contributed by atoms with van der Waals surface area (Å²) < 4.78 is 13.9. The first kappa shape index (κ1) is 21.4. The number of halogens is 3. The molecule has 0 aliphatic carbocycles. The molecule has 2 aromatic carbocycles. The molecule has 0 bridgehead atoms. The molecule has 154 valence electrons. The van der Waals surface area contributed by atoms with Crippen molar-refractivity contribution < 1.29 is 14.0 Å². The van der Waals surface area contributed by atoms with E-state index in [1.165, 1.54) is 18.2 Å². The highest BCUT2D eigenvalue weighted by molar-refractivity contribution is 6.31. The van der Waals surface area contributed by atoms with Gasteiger partial charge >= 0.3 is 6.03 Å². The van der Waals surface area contributed by atoms with Gasteiger partial charge in [-0.15, -0.1) is 0 Å². The summed E-state index contributed by atoms with van der Waals surface area (Å²) in [6, 6.07) is 10.9. The molecule has 0 spiro atoms. The van der Waals surface area contributed by atoms with Gasteiger partial charge in [0.25, 0.3) is 0 Å². The summed E-state index contributed by atoms with van der Waals surface area (Å²) in [6.45, 7) is 2.94. The number of nitrogens with one attached hydrogen (secondary N) is 2. The maximum atomic E-state index is 13.9. The third-order valence-corrected chi connectivity index (χ3v) is 5.72. The smallest absolute Gasteiger partial charge is 0.321 e. The van der Waals surface area contributed by atoms with Gasteiger partial charge in [0.1, 0.15) is 5.82 Å². The molecule has 1 saturated heterocycles. The minimum absolute atomic E-state index is 0.116. The van der Waals surface area contributed by atoms with Gasteiger partial charge in [0.2, 0.25) is 5.91 Å². The number of piperidine rings is 1. The molecule has 1 aliphatic heterocycles. The summed E-state index contributed by atoms with van der Waals surface area (Å²) in [5.41, 5.74) is 0.797.